The number of aliphatic imine (C=N–C) groups is 1. The van der Waals surface area contributed by atoms with Crippen molar-refractivity contribution in [1.29, 1.82) is 0 Å². The van der Waals surface area contributed by atoms with Gasteiger partial charge in [0.05, 0.1) is 29.5 Å². The molecule has 6 nitrogen and oxygen atoms in total. The van der Waals surface area contributed by atoms with Crippen molar-refractivity contribution in [2.45, 2.75) is 43.7 Å². The van der Waals surface area contributed by atoms with Crippen molar-refractivity contribution < 1.29 is 8.95 Å². The van der Waals surface area contributed by atoms with Crippen LogP contribution in [0.5, 0.6) is 0 Å². The number of fused-ring (bicyclic) bond motifs is 1. The summed E-state index contributed by atoms with van der Waals surface area (Å²) in [5.41, 5.74) is 9.90. The SMILES string of the molecule is CCCCS(=O)c1sc2nc(-c3nccs3)cc(C3=CN=C(OCCC)C3)c2c1N. The Labute approximate surface area is 186 Å². The van der Waals surface area contributed by atoms with Crippen molar-refractivity contribution in [2.24, 2.45) is 4.99 Å². The van der Waals surface area contributed by atoms with Gasteiger partial charge in [0.1, 0.15) is 19.7 Å². The number of nitrogens with zero attached hydrogens (tertiary/aromatic N) is 3. The lowest BCUT2D eigenvalue weighted by Crippen LogP contribution is -2.03. The zero-order chi connectivity index (χ0) is 21.1. The standard InChI is InChI=1S/C21H24N4O2S3/c1-3-5-9-30(26)21-18(22)17-14(13-10-16(24-12-13)27-7-4-2)11-15(25-20(17)29-21)19-23-6-8-28-19/h6,8,11-12H,3-5,7,9-10,22H2,1-2H3. The zero-order valence-electron chi connectivity index (χ0n) is 17.0. The van der Waals surface area contributed by atoms with Gasteiger partial charge >= 0.3 is 0 Å². The number of ether oxygens (including phenoxy) is 1. The lowest BCUT2D eigenvalue weighted by atomic mass is 10.0. The molecule has 1 unspecified atom stereocenters. The normalized spacial score (nSPS) is 14.7. The van der Waals surface area contributed by atoms with E-state index in [1.54, 1.807) is 17.5 Å². The van der Waals surface area contributed by atoms with Crippen molar-refractivity contribution in [1.82, 2.24) is 9.97 Å². The second-order valence-electron chi connectivity index (χ2n) is 6.98. The molecule has 158 valence electrons. The van der Waals surface area contributed by atoms with E-state index in [4.69, 9.17) is 15.5 Å². The summed E-state index contributed by atoms with van der Waals surface area (Å²) >= 11 is 2.97. The van der Waals surface area contributed by atoms with Gasteiger partial charge in [0.2, 0.25) is 0 Å². The molecular weight excluding hydrogens is 436 g/mol. The largest absolute Gasteiger partial charge is 0.481 e. The van der Waals surface area contributed by atoms with Gasteiger partial charge in [0.25, 0.3) is 0 Å². The molecule has 0 amide bonds. The minimum absolute atomic E-state index is 0.571. The summed E-state index contributed by atoms with van der Waals surface area (Å²) in [6.07, 6.45) is 7.07. The quantitative estimate of drug-likeness (QED) is 0.481. The van der Waals surface area contributed by atoms with E-state index in [1.165, 1.54) is 11.3 Å². The van der Waals surface area contributed by atoms with E-state index in [0.29, 0.717) is 34.6 Å². The third-order valence-electron chi connectivity index (χ3n) is 4.73. The third-order valence-corrected chi connectivity index (χ3v) is 8.52. The van der Waals surface area contributed by atoms with Crippen LogP contribution in [0.2, 0.25) is 0 Å². The highest BCUT2D eigenvalue weighted by molar-refractivity contribution is 7.87. The fourth-order valence-electron chi connectivity index (χ4n) is 3.23. The van der Waals surface area contributed by atoms with Crippen LogP contribution in [0, 0.1) is 0 Å². The highest BCUT2D eigenvalue weighted by Crippen LogP contribution is 2.42. The average molecular weight is 461 g/mol. The van der Waals surface area contributed by atoms with Crippen LogP contribution in [0.25, 0.3) is 26.5 Å². The van der Waals surface area contributed by atoms with Gasteiger partial charge < -0.3 is 10.5 Å². The summed E-state index contributed by atoms with van der Waals surface area (Å²) in [6, 6.07) is 2.02. The number of thiophene rings is 1. The Hall–Kier alpha value is -2.10. The molecular formula is C21H24N4O2S3. The Kier molecular flexibility index (Phi) is 6.60. The van der Waals surface area contributed by atoms with Gasteiger partial charge in [-0.2, -0.15) is 0 Å². The number of anilines is 1. The molecule has 3 aromatic heterocycles. The van der Waals surface area contributed by atoms with Crippen LogP contribution >= 0.6 is 22.7 Å². The molecule has 1 atom stereocenters. The molecule has 0 spiro atoms. The topological polar surface area (TPSA) is 90.5 Å². The zero-order valence-corrected chi connectivity index (χ0v) is 19.5. The van der Waals surface area contributed by atoms with E-state index >= 15 is 0 Å². The summed E-state index contributed by atoms with van der Waals surface area (Å²) in [6.45, 7) is 4.82. The number of aromatic nitrogens is 2. The summed E-state index contributed by atoms with van der Waals surface area (Å²) < 4.78 is 19.3. The van der Waals surface area contributed by atoms with Crippen LogP contribution in [0.3, 0.4) is 0 Å². The third kappa shape index (κ3) is 4.19. The van der Waals surface area contributed by atoms with Gasteiger partial charge in [0.15, 0.2) is 5.90 Å². The molecule has 0 radical (unpaired) electrons. The molecule has 0 aliphatic carbocycles. The highest BCUT2D eigenvalue weighted by atomic mass is 32.2. The van der Waals surface area contributed by atoms with Gasteiger partial charge in [-0.05, 0) is 30.0 Å². The first kappa shape index (κ1) is 21.1. The highest BCUT2D eigenvalue weighted by Gasteiger charge is 2.24. The Morgan fingerprint density at radius 1 is 1.30 bits per heavy atom. The van der Waals surface area contributed by atoms with E-state index in [9.17, 15) is 4.21 Å². The van der Waals surface area contributed by atoms with Gasteiger partial charge in [-0.1, -0.05) is 20.3 Å². The Morgan fingerprint density at radius 2 is 2.17 bits per heavy atom. The maximum atomic E-state index is 12.9. The molecule has 1 aliphatic rings. The first-order chi connectivity index (χ1) is 14.6. The summed E-state index contributed by atoms with van der Waals surface area (Å²) in [5, 5.41) is 3.64. The minimum Gasteiger partial charge on any atom is -0.481 e. The van der Waals surface area contributed by atoms with Crippen molar-refractivity contribution in [3.05, 3.63) is 29.4 Å². The minimum atomic E-state index is -1.12. The molecule has 0 saturated carbocycles. The van der Waals surface area contributed by atoms with E-state index in [1.807, 2.05) is 17.6 Å². The van der Waals surface area contributed by atoms with E-state index in [0.717, 1.165) is 51.3 Å². The predicted octanol–water partition coefficient (Wildman–Crippen LogP) is 5.48. The number of nitrogens with two attached hydrogens (primary N) is 1. The maximum absolute atomic E-state index is 12.9. The second kappa shape index (κ2) is 9.36. The number of pyridine rings is 1. The van der Waals surface area contributed by atoms with E-state index in [-0.39, 0.29) is 0 Å². The summed E-state index contributed by atoms with van der Waals surface area (Å²) in [4.78, 5) is 14.5. The van der Waals surface area contributed by atoms with Gasteiger partial charge in [0, 0.05) is 28.9 Å². The first-order valence-corrected chi connectivity index (χ1v) is 13.0. The van der Waals surface area contributed by atoms with Crippen molar-refractivity contribution in [3.8, 4) is 10.7 Å². The van der Waals surface area contributed by atoms with Crippen molar-refractivity contribution >= 4 is 60.8 Å². The molecule has 0 saturated heterocycles. The van der Waals surface area contributed by atoms with Crippen molar-refractivity contribution in [2.75, 3.05) is 18.1 Å². The number of hydrogen-bond acceptors (Lipinski definition) is 8. The maximum Gasteiger partial charge on any atom is 0.192 e. The number of hydrogen-bond donors (Lipinski definition) is 1. The summed E-state index contributed by atoms with van der Waals surface area (Å²) in [7, 11) is -1.12. The molecule has 0 fully saturated rings. The van der Waals surface area contributed by atoms with Gasteiger partial charge in [-0.15, -0.1) is 22.7 Å². The number of unbranched alkanes of at least 4 members (excludes halogenated alkanes) is 1. The Morgan fingerprint density at radius 3 is 2.90 bits per heavy atom. The molecule has 0 bridgehead atoms. The van der Waals surface area contributed by atoms with Crippen LogP contribution in [0.15, 0.2) is 33.0 Å². The smallest absolute Gasteiger partial charge is 0.192 e. The molecule has 4 rings (SSSR count). The number of nitrogen functional groups attached to an aromatic ring is 1. The Bertz CT molecular complexity index is 1130. The molecule has 1 aliphatic heterocycles. The summed E-state index contributed by atoms with van der Waals surface area (Å²) in [5.74, 6) is 1.33. The lowest BCUT2D eigenvalue weighted by molar-refractivity contribution is 0.300. The fourth-order valence-corrected chi connectivity index (χ4v) is 6.62. The van der Waals surface area contributed by atoms with Crippen LogP contribution in [0.1, 0.15) is 45.1 Å². The first-order valence-electron chi connectivity index (χ1n) is 10.0. The lowest BCUT2D eigenvalue weighted by Gasteiger charge is -2.09. The van der Waals surface area contributed by atoms with E-state index < -0.39 is 10.8 Å². The molecule has 3 aromatic rings. The number of rotatable bonds is 8. The fraction of sp³-hybridized carbons (Fsp3) is 0.381. The number of thiazole rings is 1. The Balaban J connectivity index is 1.79. The molecule has 9 heteroatoms. The van der Waals surface area contributed by atoms with Crippen LogP contribution in [-0.4, -0.2) is 32.4 Å². The average Bonchev–Trinajstić information content (AvgIpc) is 3.50. The van der Waals surface area contributed by atoms with Crippen LogP contribution in [0.4, 0.5) is 5.69 Å². The molecule has 2 N–H and O–H groups in total. The van der Waals surface area contributed by atoms with Crippen molar-refractivity contribution in [3.63, 3.8) is 0 Å². The van der Waals surface area contributed by atoms with Gasteiger partial charge in [-0.3, -0.25) is 4.21 Å². The molecule has 4 heterocycles. The molecule has 0 aromatic carbocycles. The van der Waals surface area contributed by atoms with E-state index in [2.05, 4.69) is 23.8 Å². The second-order valence-corrected chi connectivity index (χ2v) is 10.6. The van der Waals surface area contributed by atoms with Crippen LogP contribution in [-0.2, 0) is 15.5 Å². The van der Waals surface area contributed by atoms with Crippen LogP contribution < -0.4 is 5.73 Å². The predicted molar refractivity (Wildman–Crippen MR) is 128 cm³/mol. The monoisotopic (exact) mass is 460 g/mol. The van der Waals surface area contributed by atoms with Gasteiger partial charge in [-0.25, -0.2) is 15.0 Å². The molecule has 30 heavy (non-hydrogen) atoms.